The number of benzene rings is 1. The Morgan fingerprint density at radius 1 is 1.26 bits per heavy atom. The number of carbonyl (C=O) groups excluding carboxylic acids is 2. The Labute approximate surface area is 118 Å². The van der Waals surface area contributed by atoms with Crippen molar-refractivity contribution in [2.24, 2.45) is 11.1 Å². The molecular weight excluding hydrogens is 264 g/mol. The second-order valence-electron chi connectivity index (χ2n) is 5.24. The Morgan fingerprint density at radius 2 is 1.79 bits per heavy atom. The molecule has 0 aliphatic carbocycles. The van der Waals surface area contributed by atoms with Crippen LogP contribution in [0.3, 0.4) is 0 Å². The molecular formula is C14H19ClN2O2. The number of carbonyl (C=O) groups is 2. The molecule has 1 aromatic rings. The quantitative estimate of drug-likeness (QED) is 0.840. The maximum atomic E-state index is 12.1. The molecule has 0 radical (unpaired) electrons. The molecule has 0 saturated heterocycles. The van der Waals surface area contributed by atoms with E-state index in [-0.39, 0.29) is 11.8 Å². The lowest BCUT2D eigenvalue weighted by molar-refractivity contribution is -0.138. The average molecular weight is 283 g/mol. The van der Waals surface area contributed by atoms with E-state index in [2.05, 4.69) is 0 Å². The highest BCUT2D eigenvalue weighted by molar-refractivity contribution is 6.19. The normalized spacial score (nSPS) is 11.2. The second kappa shape index (κ2) is 6.06. The summed E-state index contributed by atoms with van der Waals surface area (Å²) < 4.78 is 0. The molecule has 0 bridgehead atoms. The molecule has 104 valence electrons. The fraction of sp³-hybridized carbons (Fsp3) is 0.429. The molecule has 0 heterocycles. The number of rotatable bonds is 5. The summed E-state index contributed by atoms with van der Waals surface area (Å²) in [5.41, 5.74) is 5.98. The van der Waals surface area contributed by atoms with Gasteiger partial charge >= 0.3 is 0 Å². The van der Waals surface area contributed by atoms with E-state index in [1.807, 2.05) is 13.8 Å². The molecule has 0 aliphatic heterocycles. The Bertz CT molecular complexity index is 469. The highest BCUT2D eigenvalue weighted by Gasteiger charge is 2.29. The van der Waals surface area contributed by atoms with Crippen LogP contribution in [-0.2, 0) is 11.3 Å². The summed E-state index contributed by atoms with van der Waals surface area (Å²) >= 11 is 5.79. The first kappa shape index (κ1) is 15.5. The number of hydrogen-bond acceptors (Lipinski definition) is 2. The number of hydrogen-bond donors (Lipinski definition) is 1. The Hall–Kier alpha value is -1.55. The lowest BCUT2D eigenvalue weighted by Crippen LogP contribution is -2.39. The van der Waals surface area contributed by atoms with Gasteiger partial charge in [-0.05, 0) is 31.5 Å². The number of nitrogens with zero attached hydrogens (tertiary/aromatic N) is 1. The minimum atomic E-state index is -0.580. The Kier molecular flexibility index (Phi) is 4.95. The molecule has 0 fully saturated rings. The van der Waals surface area contributed by atoms with E-state index in [0.29, 0.717) is 12.1 Å². The number of primary amides is 1. The molecule has 2 N–H and O–H groups in total. The molecule has 2 amide bonds. The lowest BCUT2D eigenvalue weighted by Gasteiger charge is -2.27. The predicted octanol–water partition coefficient (Wildman–Crippen LogP) is 2.01. The van der Waals surface area contributed by atoms with E-state index in [1.54, 1.807) is 36.2 Å². The van der Waals surface area contributed by atoms with E-state index in [4.69, 9.17) is 17.3 Å². The van der Waals surface area contributed by atoms with Crippen molar-refractivity contribution in [2.75, 3.05) is 12.9 Å². The number of nitrogens with two attached hydrogens (primary N) is 1. The van der Waals surface area contributed by atoms with Crippen molar-refractivity contribution in [1.29, 1.82) is 0 Å². The Morgan fingerprint density at radius 3 is 2.21 bits per heavy atom. The van der Waals surface area contributed by atoms with Crippen LogP contribution in [0.4, 0.5) is 0 Å². The Balaban J connectivity index is 2.74. The fourth-order valence-corrected chi connectivity index (χ4v) is 1.81. The summed E-state index contributed by atoms with van der Waals surface area (Å²) in [5, 5.41) is 0. The minimum Gasteiger partial charge on any atom is -0.366 e. The molecule has 5 heteroatoms. The monoisotopic (exact) mass is 282 g/mol. The summed E-state index contributed by atoms with van der Waals surface area (Å²) in [6, 6.07) is 6.89. The summed E-state index contributed by atoms with van der Waals surface area (Å²) in [4.78, 5) is 24.7. The molecule has 1 rings (SSSR count). The van der Waals surface area contributed by atoms with Gasteiger partial charge in [-0.1, -0.05) is 12.1 Å². The van der Waals surface area contributed by atoms with Crippen LogP contribution < -0.4 is 5.73 Å². The van der Waals surface area contributed by atoms with Gasteiger partial charge in [0.25, 0.3) is 0 Å². The van der Waals surface area contributed by atoms with Gasteiger partial charge in [-0.25, -0.2) is 0 Å². The number of amides is 2. The van der Waals surface area contributed by atoms with Gasteiger partial charge in [0, 0.05) is 25.0 Å². The van der Waals surface area contributed by atoms with E-state index in [0.717, 1.165) is 5.56 Å². The first-order valence-corrected chi connectivity index (χ1v) is 6.51. The zero-order valence-corrected chi connectivity index (χ0v) is 12.2. The van der Waals surface area contributed by atoms with Crippen LogP contribution in [0, 0.1) is 5.41 Å². The zero-order valence-electron chi connectivity index (χ0n) is 11.4. The predicted molar refractivity (Wildman–Crippen MR) is 75.9 cm³/mol. The first-order chi connectivity index (χ1) is 8.77. The van der Waals surface area contributed by atoms with Gasteiger partial charge in [0.05, 0.1) is 5.41 Å². The second-order valence-corrected chi connectivity index (χ2v) is 5.51. The van der Waals surface area contributed by atoms with Gasteiger partial charge in [0.2, 0.25) is 11.8 Å². The van der Waals surface area contributed by atoms with Crippen molar-refractivity contribution in [3.05, 3.63) is 35.4 Å². The molecule has 0 aliphatic rings. The highest BCUT2D eigenvalue weighted by Crippen LogP contribution is 2.21. The summed E-state index contributed by atoms with van der Waals surface area (Å²) in [5.74, 6) is -0.197. The molecule has 0 spiro atoms. The lowest BCUT2D eigenvalue weighted by atomic mass is 9.94. The van der Waals surface area contributed by atoms with E-state index >= 15 is 0 Å². The third-order valence-corrected chi connectivity index (χ3v) is 3.59. The van der Waals surface area contributed by atoms with Crippen LogP contribution in [-0.4, -0.2) is 29.6 Å². The van der Waals surface area contributed by atoms with E-state index < -0.39 is 11.3 Å². The molecule has 1 aromatic carbocycles. The van der Waals surface area contributed by atoms with Crippen LogP contribution in [0.1, 0.15) is 29.8 Å². The van der Waals surface area contributed by atoms with E-state index in [9.17, 15) is 9.59 Å². The molecule has 0 aromatic heterocycles. The zero-order chi connectivity index (χ0) is 14.6. The van der Waals surface area contributed by atoms with Crippen LogP contribution in [0.2, 0.25) is 0 Å². The first-order valence-electron chi connectivity index (χ1n) is 5.98. The molecule has 0 atom stereocenters. The molecule has 0 saturated carbocycles. The van der Waals surface area contributed by atoms with Gasteiger partial charge in [0.15, 0.2) is 0 Å². The smallest absolute Gasteiger partial charge is 0.248 e. The van der Waals surface area contributed by atoms with Crippen molar-refractivity contribution in [1.82, 2.24) is 4.90 Å². The van der Waals surface area contributed by atoms with Crippen LogP contribution in [0.15, 0.2) is 24.3 Å². The van der Waals surface area contributed by atoms with Crippen LogP contribution >= 0.6 is 11.6 Å². The number of alkyl halides is 1. The SMILES string of the molecule is CN(Cc1ccc(C(N)=O)cc1)C(=O)C(C)(C)CCl. The highest BCUT2D eigenvalue weighted by atomic mass is 35.5. The van der Waals surface area contributed by atoms with Crippen LogP contribution in [0.25, 0.3) is 0 Å². The van der Waals surface area contributed by atoms with E-state index in [1.165, 1.54) is 0 Å². The fourth-order valence-electron chi connectivity index (χ4n) is 1.69. The van der Waals surface area contributed by atoms with Gasteiger partial charge in [-0.15, -0.1) is 11.6 Å². The molecule has 19 heavy (non-hydrogen) atoms. The summed E-state index contributed by atoms with van der Waals surface area (Å²) in [7, 11) is 1.73. The van der Waals surface area contributed by atoms with Crippen molar-refractivity contribution in [3.63, 3.8) is 0 Å². The minimum absolute atomic E-state index is 0.0125. The number of halogens is 1. The van der Waals surface area contributed by atoms with Crippen molar-refractivity contribution in [3.8, 4) is 0 Å². The maximum absolute atomic E-state index is 12.1. The topological polar surface area (TPSA) is 63.4 Å². The average Bonchev–Trinajstić information content (AvgIpc) is 2.38. The molecule has 4 nitrogen and oxygen atoms in total. The van der Waals surface area contributed by atoms with Gasteiger partial charge in [0.1, 0.15) is 0 Å². The summed E-state index contributed by atoms with van der Waals surface area (Å²) in [6.45, 7) is 4.10. The van der Waals surface area contributed by atoms with Crippen molar-refractivity contribution >= 4 is 23.4 Å². The van der Waals surface area contributed by atoms with Gasteiger partial charge in [-0.3, -0.25) is 9.59 Å². The van der Waals surface area contributed by atoms with Crippen molar-refractivity contribution in [2.45, 2.75) is 20.4 Å². The standard InChI is InChI=1S/C14H19ClN2O2/c1-14(2,9-15)13(19)17(3)8-10-4-6-11(7-5-10)12(16)18/h4-7H,8-9H2,1-3H3,(H2,16,18). The largest absolute Gasteiger partial charge is 0.366 e. The maximum Gasteiger partial charge on any atom is 0.248 e. The third kappa shape index (κ3) is 3.96. The molecule has 0 unspecified atom stereocenters. The third-order valence-electron chi connectivity index (χ3n) is 2.92. The van der Waals surface area contributed by atoms with Gasteiger partial charge in [-0.2, -0.15) is 0 Å². The summed E-state index contributed by atoms with van der Waals surface area (Å²) in [6.07, 6.45) is 0. The van der Waals surface area contributed by atoms with Crippen LogP contribution in [0.5, 0.6) is 0 Å². The van der Waals surface area contributed by atoms with Crippen molar-refractivity contribution < 1.29 is 9.59 Å². The van der Waals surface area contributed by atoms with Gasteiger partial charge < -0.3 is 10.6 Å².